The van der Waals surface area contributed by atoms with Crippen molar-refractivity contribution in [3.8, 4) is 0 Å². The Kier molecular flexibility index (Phi) is 4.55. The van der Waals surface area contributed by atoms with Gasteiger partial charge >= 0.3 is 0 Å². The summed E-state index contributed by atoms with van der Waals surface area (Å²) in [5, 5.41) is 4.06. The van der Waals surface area contributed by atoms with Crippen molar-refractivity contribution in [3.05, 3.63) is 41.7 Å². The van der Waals surface area contributed by atoms with Gasteiger partial charge < -0.3 is 4.90 Å². The van der Waals surface area contributed by atoms with Crippen LogP contribution in [0.3, 0.4) is 0 Å². The van der Waals surface area contributed by atoms with Gasteiger partial charge in [-0.2, -0.15) is 9.40 Å². The fourth-order valence-electron chi connectivity index (χ4n) is 4.02. The molecule has 3 heterocycles. The fourth-order valence-corrected chi connectivity index (χ4v) is 5.73. The topological polar surface area (TPSA) is 75.5 Å². The summed E-state index contributed by atoms with van der Waals surface area (Å²) in [6, 6.07) is 7.94. The number of carbonyl (C=O) groups excluding carboxylic acids is 1. The molecule has 1 aromatic carbocycles. The second-order valence-electron chi connectivity index (χ2n) is 7.29. The first-order valence-corrected chi connectivity index (χ1v) is 10.7. The lowest BCUT2D eigenvalue weighted by Crippen LogP contribution is -2.46. The van der Waals surface area contributed by atoms with Crippen molar-refractivity contribution in [2.75, 3.05) is 24.5 Å². The van der Waals surface area contributed by atoms with Crippen LogP contribution in [0.2, 0.25) is 0 Å². The molecule has 8 heteroatoms. The Morgan fingerprint density at radius 2 is 2.00 bits per heavy atom. The van der Waals surface area contributed by atoms with Crippen molar-refractivity contribution >= 4 is 21.6 Å². The van der Waals surface area contributed by atoms with Gasteiger partial charge in [-0.25, -0.2) is 8.42 Å². The summed E-state index contributed by atoms with van der Waals surface area (Å²) >= 11 is 0. The van der Waals surface area contributed by atoms with E-state index in [9.17, 15) is 13.2 Å². The highest BCUT2D eigenvalue weighted by Gasteiger charge is 2.37. The summed E-state index contributed by atoms with van der Waals surface area (Å²) in [4.78, 5) is 15.2. The van der Waals surface area contributed by atoms with Gasteiger partial charge in [0.05, 0.1) is 17.8 Å². The SMILES string of the molecule is Cc1c(S(=O)(=O)N2CCC[C@@H](C(=O)N3CCc4ccccc43)C2)cnn1C. The number of hydrogen-bond donors (Lipinski definition) is 0. The third-order valence-electron chi connectivity index (χ3n) is 5.69. The number of aromatic nitrogens is 2. The van der Waals surface area contributed by atoms with Crippen LogP contribution < -0.4 is 4.90 Å². The van der Waals surface area contributed by atoms with Crippen LogP contribution in [-0.2, 0) is 28.3 Å². The largest absolute Gasteiger partial charge is 0.312 e. The normalized spacial score (nSPS) is 20.7. The van der Waals surface area contributed by atoms with Gasteiger partial charge in [0.25, 0.3) is 0 Å². The first-order chi connectivity index (χ1) is 12.9. The Bertz CT molecular complexity index is 983. The molecular formula is C19H24N4O3S. The third kappa shape index (κ3) is 3.06. The molecule has 27 heavy (non-hydrogen) atoms. The number of piperidine rings is 1. The molecule has 0 spiro atoms. The van der Waals surface area contributed by atoms with E-state index in [2.05, 4.69) is 5.10 Å². The van der Waals surface area contributed by atoms with Crippen molar-refractivity contribution in [3.63, 3.8) is 0 Å². The predicted molar refractivity (Wildman–Crippen MR) is 102 cm³/mol. The Balaban J connectivity index is 1.55. The zero-order chi connectivity index (χ0) is 19.2. The standard InChI is InChI=1S/C19H24N4O3S/c1-14-18(12-20-21(14)2)27(25,26)22-10-5-7-16(13-22)19(24)23-11-9-15-6-3-4-8-17(15)23/h3-4,6,8,12,16H,5,7,9-11,13H2,1-2H3/t16-/m1/s1. The molecule has 1 aromatic heterocycles. The minimum Gasteiger partial charge on any atom is -0.312 e. The quantitative estimate of drug-likeness (QED) is 0.802. The van der Waals surface area contributed by atoms with E-state index in [1.807, 2.05) is 29.2 Å². The maximum absolute atomic E-state index is 13.1. The number of sulfonamides is 1. The Morgan fingerprint density at radius 1 is 1.22 bits per heavy atom. The maximum Gasteiger partial charge on any atom is 0.246 e. The zero-order valence-electron chi connectivity index (χ0n) is 15.6. The molecule has 0 N–H and O–H groups in total. The molecule has 0 radical (unpaired) electrons. The van der Waals surface area contributed by atoms with Crippen LogP contribution in [0.4, 0.5) is 5.69 Å². The van der Waals surface area contributed by atoms with Gasteiger partial charge in [0, 0.05) is 32.4 Å². The van der Waals surface area contributed by atoms with Gasteiger partial charge in [-0.1, -0.05) is 18.2 Å². The summed E-state index contributed by atoms with van der Waals surface area (Å²) < 4.78 is 29.1. The number of aryl methyl sites for hydroxylation is 1. The number of rotatable bonds is 3. The number of hydrogen-bond acceptors (Lipinski definition) is 4. The molecule has 1 fully saturated rings. The minimum absolute atomic E-state index is 0.0303. The van der Waals surface area contributed by atoms with Crippen LogP contribution in [-0.4, -0.2) is 48.0 Å². The summed E-state index contributed by atoms with van der Waals surface area (Å²) in [7, 11) is -1.92. The first-order valence-electron chi connectivity index (χ1n) is 9.27. The molecule has 144 valence electrons. The van der Waals surface area contributed by atoms with E-state index >= 15 is 0 Å². The van der Waals surface area contributed by atoms with Crippen molar-refractivity contribution in [1.29, 1.82) is 0 Å². The molecule has 1 atom stereocenters. The summed E-state index contributed by atoms with van der Waals surface area (Å²) in [5.74, 6) is -0.278. The van der Waals surface area contributed by atoms with Gasteiger partial charge in [-0.15, -0.1) is 0 Å². The van der Waals surface area contributed by atoms with Crippen LogP contribution in [0.1, 0.15) is 24.1 Å². The lowest BCUT2D eigenvalue weighted by atomic mass is 9.98. The molecular weight excluding hydrogens is 364 g/mol. The molecule has 2 aromatic rings. The molecule has 7 nitrogen and oxygen atoms in total. The lowest BCUT2D eigenvalue weighted by Gasteiger charge is -2.33. The van der Waals surface area contributed by atoms with Gasteiger partial charge in [-0.3, -0.25) is 9.48 Å². The van der Waals surface area contributed by atoms with Crippen molar-refractivity contribution < 1.29 is 13.2 Å². The highest BCUT2D eigenvalue weighted by molar-refractivity contribution is 7.89. The van der Waals surface area contributed by atoms with Gasteiger partial charge in [-0.05, 0) is 37.8 Å². The molecule has 0 aliphatic carbocycles. The van der Waals surface area contributed by atoms with E-state index in [4.69, 9.17) is 0 Å². The number of benzene rings is 1. The zero-order valence-corrected chi connectivity index (χ0v) is 16.4. The molecule has 4 rings (SSSR count). The van der Waals surface area contributed by atoms with E-state index in [0.29, 0.717) is 25.2 Å². The Hall–Kier alpha value is -2.19. The van der Waals surface area contributed by atoms with E-state index in [-0.39, 0.29) is 23.3 Å². The van der Waals surface area contributed by atoms with Crippen LogP contribution in [0, 0.1) is 12.8 Å². The van der Waals surface area contributed by atoms with Crippen LogP contribution in [0.15, 0.2) is 35.4 Å². The smallest absolute Gasteiger partial charge is 0.246 e. The molecule has 0 saturated carbocycles. The van der Waals surface area contributed by atoms with E-state index in [1.54, 1.807) is 18.7 Å². The molecule has 1 saturated heterocycles. The number of fused-ring (bicyclic) bond motifs is 1. The summed E-state index contributed by atoms with van der Waals surface area (Å²) in [5.41, 5.74) is 2.75. The van der Waals surface area contributed by atoms with Gasteiger partial charge in [0.15, 0.2) is 0 Å². The first kappa shape index (κ1) is 18.2. The van der Waals surface area contributed by atoms with Gasteiger partial charge in [0.1, 0.15) is 4.90 Å². The Morgan fingerprint density at radius 3 is 2.74 bits per heavy atom. The van der Waals surface area contributed by atoms with Crippen molar-refractivity contribution in [2.45, 2.75) is 31.1 Å². The second-order valence-corrected chi connectivity index (χ2v) is 9.19. The summed E-state index contributed by atoms with van der Waals surface area (Å²) in [6.07, 6.45) is 3.65. The van der Waals surface area contributed by atoms with Crippen LogP contribution >= 0.6 is 0 Å². The number of anilines is 1. The highest BCUT2D eigenvalue weighted by atomic mass is 32.2. The molecule has 1 amide bonds. The molecule has 0 bridgehead atoms. The monoisotopic (exact) mass is 388 g/mol. The fraction of sp³-hybridized carbons (Fsp3) is 0.474. The maximum atomic E-state index is 13.1. The number of para-hydroxylation sites is 1. The second kappa shape index (κ2) is 6.76. The van der Waals surface area contributed by atoms with Crippen LogP contribution in [0.25, 0.3) is 0 Å². The van der Waals surface area contributed by atoms with Crippen molar-refractivity contribution in [2.24, 2.45) is 13.0 Å². The Labute approximate surface area is 159 Å². The molecule has 0 unspecified atom stereocenters. The number of amides is 1. The predicted octanol–water partition coefficient (Wildman–Crippen LogP) is 1.72. The summed E-state index contributed by atoms with van der Waals surface area (Å²) in [6.45, 7) is 3.09. The molecule has 2 aliphatic heterocycles. The highest BCUT2D eigenvalue weighted by Crippen LogP contribution is 2.32. The third-order valence-corrected chi connectivity index (χ3v) is 7.66. The average Bonchev–Trinajstić information content (AvgIpc) is 3.25. The lowest BCUT2D eigenvalue weighted by molar-refractivity contribution is -0.123. The number of nitrogens with zero attached hydrogens (tertiary/aromatic N) is 4. The van der Waals surface area contributed by atoms with E-state index < -0.39 is 10.0 Å². The van der Waals surface area contributed by atoms with E-state index in [0.717, 1.165) is 18.5 Å². The molecule has 2 aliphatic rings. The number of carbonyl (C=O) groups is 1. The van der Waals surface area contributed by atoms with Crippen molar-refractivity contribution in [1.82, 2.24) is 14.1 Å². The van der Waals surface area contributed by atoms with Crippen LogP contribution in [0.5, 0.6) is 0 Å². The minimum atomic E-state index is -3.64. The van der Waals surface area contributed by atoms with Gasteiger partial charge in [0.2, 0.25) is 15.9 Å². The van der Waals surface area contributed by atoms with E-state index in [1.165, 1.54) is 16.1 Å². The average molecular weight is 388 g/mol.